The SMILES string of the molecule is CC[C@H](Oc1ccccc1F)C(=O)N1CC[NH+](Cc2ccc3c(c2)OCO3)CC1. The van der Waals surface area contributed by atoms with E-state index in [2.05, 4.69) is 6.07 Å². The van der Waals surface area contributed by atoms with Crippen LogP contribution in [0.3, 0.4) is 0 Å². The van der Waals surface area contributed by atoms with Crippen molar-refractivity contribution in [1.29, 1.82) is 0 Å². The number of piperazine rings is 1. The van der Waals surface area contributed by atoms with E-state index in [1.54, 1.807) is 18.2 Å². The van der Waals surface area contributed by atoms with Crippen LogP contribution in [-0.4, -0.2) is 49.9 Å². The molecule has 0 unspecified atom stereocenters. The topological polar surface area (TPSA) is 52.4 Å². The minimum absolute atomic E-state index is 0.0714. The maximum atomic E-state index is 13.9. The first-order chi connectivity index (χ1) is 14.1. The molecule has 1 atom stereocenters. The number of amides is 1. The van der Waals surface area contributed by atoms with Gasteiger partial charge in [-0.1, -0.05) is 19.1 Å². The van der Waals surface area contributed by atoms with Gasteiger partial charge in [0.15, 0.2) is 29.2 Å². The van der Waals surface area contributed by atoms with Gasteiger partial charge in [0.05, 0.1) is 26.2 Å². The molecule has 0 spiro atoms. The van der Waals surface area contributed by atoms with Gasteiger partial charge in [0.1, 0.15) is 6.54 Å². The number of halogens is 1. The molecule has 4 rings (SSSR count). The summed E-state index contributed by atoms with van der Waals surface area (Å²) in [6, 6.07) is 12.2. The number of quaternary nitrogens is 1. The van der Waals surface area contributed by atoms with Gasteiger partial charge < -0.3 is 24.0 Å². The molecular weight excluding hydrogens is 375 g/mol. The van der Waals surface area contributed by atoms with Crippen molar-refractivity contribution in [3.05, 3.63) is 53.8 Å². The summed E-state index contributed by atoms with van der Waals surface area (Å²) in [7, 11) is 0. The Morgan fingerprint density at radius 2 is 1.93 bits per heavy atom. The number of rotatable bonds is 6. The smallest absolute Gasteiger partial charge is 0.264 e. The first kappa shape index (κ1) is 19.5. The minimum atomic E-state index is -0.665. The normalized spacial score (nSPS) is 17.2. The van der Waals surface area contributed by atoms with E-state index < -0.39 is 11.9 Å². The average Bonchev–Trinajstić information content (AvgIpc) is 3.21. The van der Waals surface area contributed by atoms with Crippen molar-refractivity contribution in [3.63, 3.8) is 0 Å². The number of nitrogens with zero attached hydrogens (tertiary/aromatic N) is 1. The highest BCUT2D eigenvalue weighted by Gasteiger charge is 2.30. The summed E-state index contributed by atoms with van der Waals surface area (Å²) >= 11 is 0. The van der Waals surface area contributed by atoms with Crippen LogP contribution in [0.2, 0.25) is 0 Å². The zero-order valence-electron chi connectivity index (χ0n) is 16.5. The summed E-state index contributed by atoms with van der Waals surface area (Å²) in [6.07, 6.45) is -0.167. The largest absolute Gasteiger partial charge is 0.478 e. The first-order valence-electron chi connectivity index (χ1n) is 10.1. The molecule has 29 heavy (non-hydrogen) atoms. The highest BCUT2D eigenvalue weighted by Crippen LogP contribution is 2.32. The van der Waals surface area contributed by atoms with Crippen LogP contribution in [0.15, 0.2) is 42.5 Å². The Morgan fingerprint density at radius 3 is 2.69 bits per heavy atom. The van der Waals surface area contributed by atoms with E-state index in [0.717, 1.165) is 31.1 Å². The fourth-order valence-corrected chi connectivity index (χ4v) is 3.77. The quantitative estimate of drug-likeness (QED) is 0.800. The second-order valence-electron chi connectivity index (χ2n) is 7.38. The number of benzene rings is 2. The van der Waals surface area contributed by atoms with Gasteiger partial charge in [-0.15, -0.1) is 0 Å². The van der Waals surface area contributed by atoms with Crippen LogP contribution in [0.1, 0.15) is 18.9 Å². The molecule has 1 fully saturated rings. The van der Waals surface area contributed by atoms with Crippen molar-refractivity contribution >= 4 is 5.91 Å². The number of fused-ring (bicyclic) bond motifs is 1. The molecule has 2 aliphatic rings. The molecule has 1 N–H and O–H groups in total. The monoisotopic (exact) mass is 401 g/mol. The predicted molar refractivity (Wildman–Crippen MR) is 105 cm³/mol. The van der Waals surface area contributed by atoms with Gasteiger partial charge in [0.25, 0.3) is 5.91 Å². The standard InChI is InChI=1S/C22H25FN2O4/c1-2-18(29-19-6-4-3-5-17(19)23)22(26)25-11-9-24(10-12-25)14-16-7-8-20-21(13-16)28-15-27-20/h3-8,13,18H,2,9-12,14-15H2,1H3/p+1/t18-/m0/s1. The Balaban J connectivity index is 1.31. The molecule has 2 aromatic rings. The Kier molecular flexibility index (Phi) is 5.85. The Labute approximate surface area is 169 Å². The minimum Gasteiger partial charge on any atom is -0.478 e. The van der Waals surface area contributed by atoms with E-state index >= 15 is 0 Å². The number of hydrogen-bond acceptors (Lipinski definition) is 4. The fourth-order valence-electron chi connectivity index (χ4n) is 3.77. The molecule has 2 aromatic carbocycles. The van der Waals surface area contributed by atoms with Crippen LogP contribution in [0, 0.1) is 5.82 Å². The highest BCUT2D eigenvalue weighted by molar-refractivity contribution is 5.81. The van der Waals surface area contributed by atoms with Gasteiger partial charge in [0.2, 0.25) is 6.79 Å². The molecule has 0 radical (unpaired) electrons. The molecule has 0 aliphatic carbocycles. The van der Waals surface area contributed by atoms with Gasteiger partial charge in [0, 0.05) is 5.56 Å². The first-order valence-corrected chi connectivity index (χ1v) is 10.1. The summed E-state index contributed by atoms with van der Waals surface area (Å²) in [4.78, 5) is 16.1. The van der Waals surface area contributed by atoms with Crippen molar-refractivity contribution in [1.82, 2.24) is 4.90 Å². The summed E-state index contributed by atoms with van der Waals surface area (Å²) in [5, 5.41) is 0. The second kappa shape index (κ2) is 8.69. The third-order valence-corrected chi connectivity index (χ3v) is 5.43. The maximum absolute atomic E-state index is 13.9. The summed E-state index contributed by atoms with van der Waals surface area (Å²) < 4.78 is 30.3. The number of hydrogen-bond donors (Lipinski definition) is 1. The van der Waals surface area contributed by atoms with Crippen LogP contribution < -0.4 is 19.1 Å². The van der Waals surface area contributed by atoms with Crippen molar-refractivity contribution in [2.75, 3.05) is 33.0 Å². The van der Waals surface area contributed by atoms with Gasteiger partial charge in [-0.3, -0.25) is 4.79 Å². The lowest BCUT2D eigenvalue weighted by atomic mass is 10.1. The van der Waals surface area contributed by atoms with Gasteiger partial charge in [-0.2, -0.15) is 0 Å². The molecule has 7 heteroatoms. The van der Waals surface area contributed by atoms with Crippen molar-refractivity contribution in [3.8, 4) is 17.2 Å². The van der Waals surface area contributed by atoms with Crippen LogP contribution in [-0.2, 0) is 11.3 Å². The Bertz CT molecular complexity index is 868. The lowest BCUT2D eigenvalue weighted by Crippen LogP contribution is -3.13. The number of nitrogens with one attached hydrogen (secondary N) is 1. The highest BCUT2D eigenvalue weighted by atomic mass is 19.1. The number of carbonyl (C=O) groups is 1. The van der Waals surface area contributed by atoms with Crippen molar-refractivity contribution in [2.45, 2.75) is 26.0 Å². The molecular formula is C22H26FN2O4+. The molecule has 0 bridgehead atoms. The molecule has 0 aromatic heterocycles. The number of ether oxygens (including phenoxy) is 3. The van der Waals surface area contributed by atoms with E-state index in [1.165, 1.54) is 16.5 Å². The van der Waals surface area contributed by atoms with E-state index in [4.69, 9.17) is 14.2 Å². The van der Waals surface area contributed by atoms with Gasteiger partial charge >= 0.3 is 0 Å². The van der Waals surface area contributed by atoms with Gasteiger partial charge in [-0.25, -0.2) is 4.39 Å². The van der Waals surface area contributed by atoms with Crippen molar-refractivity contribution in [2.24, 2.45) is 0 Å². The number of carbonyl (C=O) groups excluding carboxylic acids is 1. The van der Waals surface area contributed by atoms with Crippen LogP contribution in [0.25, 0.3) is 0 Å². The summed E-state index contributed by atoms with van der Waals surface area (Å²) in [5.41, 5.74) is 1.19. The lowest BCUT2D eigenvalue weighted by Gasteiger charge is -2.34. The third-order valence-electron chi connectivity index (χ3n) is 5.43. The summed E-state index contributed by atoms with van der Waals surface area (Å²) in [5.74, 6) is 1.20. The molecule has 154 valence electrons. The molecule has 2 aliphatic heterocycles. The molecule has 6 nitrogen and oxygen atoms in total. The Hall–Kier alpha value is -2.80. The van der Waals surface area contributed by atoms with E-state index in [9.17, 15) is 9.18 Å². The Morgan fingerprint density at radius 1 is 1.17 bits per heavy atom. The average molecular weight is 401 g/mol. The summed E-state index contributed by atoms with van der Waals surface area (Å²) in [6.45, 7) is 6.07. The van der Waals surface area contributed by atoms with Crippen LogP contribution >= 0.6 is 0 Å². The molecule has 0 saturated carbocycles. The zero-order chi connectivity index (χ0) is 20.2. The van der Waals surface area contributed by atoms with E-state index in [-0.39, 0.29) is 18.4 Å². The molecule has 2 heterocycles. The second-order valence-corrected chi connectivity index (χ2v) is 7.38. The lowest BCUT2D eigenvalue weighted by molar-refractivity contribution is -0.917. The third kappa shape index (κ3) is 4.45. The zero-order valence-corrected chi connectivity index (χ0v) is 16.5. The fraction of sp³-hybridized carbons (Fsp3) is 0.409. The van der Waals surface area contributed by atoms with Gasteiger partial charge in [-0.05, 0) is 36.8 Å². The van der Waals surface area contributed by atoms with E-state index in [1.807, 2.05) is 24.0 Å². The van der Waals surface area contributed by atoms with Crippen LogP contribution in [0.5, 0.6) is 17.2 Å². The van der Waals surface area contributed by atoms with Crippen LogP contribution in [0.4, 0.5) is 4.39 Å². The van der Waals surface area contributed by atoms with Crippen molar-refractivity contribution < 1.29 is 28.3 Å². The number of para-hydroxylation sites is 1. The maximum Gasteiger partial charge on any atom is 0.264 e. The molecule has 1 saturated heterocycles. The van der Waals surface area contributed by atoms with E-state index in [0.29, 0.717) is 19.5 Å². The predicted octanol–water partition coefficient (Wildman–Crippen LogP) is 1.64. The molecule has 1 amide bonds.